The smallest absolute Gasteiger partial charge is 0.411 e. The quantitative estimate of drug-likeness (QED) is 0.835. The topological polar surface area (TPSA) is 47.4 Å². The number of nitrogens with zero attached hydrogens (tertiary/aromatic N) is 3. The van der Waals surface area contributed by atoms with Gasteiger partial charge < -0.3 is 9.64 Å². The van der Waals surface area contributed by atoms with Crippen molar-refractivity contribution in [3.8, 4) is 5.75 Å². The molecule has 1 aliphatic heterocycles. The van der Waals surface area contributed by atoms with Crippen LogP contribution in [-0.4, -0.2) is 47.0 Å². The molecule has 0 bridgehead atoms. The van der Waals surface area contributed by atoms with E-state index >= 15 is 0 Å². The van der Waals surface area contributed by atoms with Gasteiger partial charge in [0.05, 0.1) is 13.5 Å². The van der Waals surface area contributed by atoms with Crippen molar-refractivity contribution in [3.05, 3.63) is 47.8 Å². The van der Waals surface area contributed by atoms with Crippen molar-refractivity contribution in [1.29, 1.82) is 0 Å². The van der Waals surface area contributed by atoms with Gasteiger partial charge in [-0.05, 0) is 36.1 Å². The monoisotopic (exact) mass is 367 g/mol. The van der Waals surface area contributed by atoms with Crippen molar-refractivity contribution in [2.24, 2.45) is 0 Å². The van der Waals surface area contributed by atoms with Crippen LogP contribution in [0.4, 0.5) is 13.2 Å². The first kappa shape index (κ1) is 18.3. The molecule has 2 heterocycles. The Hall–Kier alpha value is -2.51. The molecule has 0 fully saturated rings. The van der Waals surface area contributed by atoms with E-state index in [1.807, 2.05) is 18.2 Å². The molecule has 0 radical (unpaired) electrons. The lowest BCUT2D eigenvalue weighted by molar-refractivity contribution is -0.177. The molecule has 140 valence electrons. The van der Waals surface area contributed by atoms with Gasteiger partial charge >= 0.3 is 6.18 Å². The van der Waals surface area contributed by atoms with E-state index in [-0.39, 0.29) is 0 Å². The fourth-order valence-electron chi connectivity index (χ4n) is 3.30. The van der Waals surface area contributed by atoms with Crippen molar-refractivity contribution in [2.45, 2.75) is 31.5 Å². The minimum atomic E-state index is -4.54. The van der Waals surface area contributed by atoms with Gasteiger partial charge in [-0.1, -0.05) is 12.1 Å². The maximum Gasteiger partial charge on any atom is 0.411 e. The minimum Gasteiger partial charge on any atom is -0.496 e. The zero-order valence-corrected chi connectivity index (χ0v) is 14.4. The van der Waals surface area contributed by atoms with Crippen LogP contribution in [-0.2, 0) is 17.6 Å². The number of fused-ring (bicyclic) bond motifs is 1. The summed E-state index contributed by atoms with van der Waals surface area (Å²) < 4.78 is 46.2. The van der Waals surface area contributed by atoms with Crippen molar-refractivity contribution in [2.75, 3.05) is 20.2 Å². The third kappa shape index (κ3) is 3.84. The molecule has 3 rings (SSSR count). The second-order valence-corrected chi connectivity index (χ2v) is 6.23. The predicted octanol–water partition coefficient (Wildman–Crippen LogP) is 3.01. The van der Waals surface area contributed by atoms with E-state index in [0.717, 1.165) is 21.6 Å². The number of ether oxygens (including phenoxy) is 1. The van der Waals surface area contributed by atoms with Crippen LogP contribution in [0.5, 0.6) is 5.75 Å². The second-order valence-electron chi connectivity index (χ2n) is 6.23. The van der Waals surface area contributed by atoms with E-state index in [0.29, 0.717) is 25.9 Å². The molecular weight excluding hydrogens is 347 g/mol. The summed E-state index contributed by atoms with van der Waals surface area (Å²) in [7, 11) is 1.58. The number of rotatable bonds is 4. The molecule has 8 heteroatoms. The summed E-state index contributed by atoms with van der Waals surface area (Å²) in [4.78, 5) is 14.1. The second kappa shape index (κ2) is 7.39. The molecule has 1 atom stereocenters. The SMILES string of the molecule is COc1cccc2c1CCN(C(=O)CC(n1cccn1)C(F)(F)F)CC2. The maximum absolute atomic E-state index is 13.4. The first-order valence-corrected chi connectivity index (χ1v) is 8.38. The van der Waals surface area contributed by atoms with E-state index in [1.165, 1.54) is 23.4 Å². The Labute approximate surface area is 149 Å². The van der Waals surface area contributed by atoms with Gasteiger partial charge in [0.25, 0.3) is 0 Å². The van der Waals surface area contributed by atoms with Crippen LogP contribution in [0.15, 0.2) is 36.7 Å². The molecule has 0 saturated heterocycles. The van der Waals surface area contributed by atoms with Gasteiger partial charge in [-0.3, -0.25) is 9.48 Å². The predicted molar refractivity (Wildman–Crippen MR) is 88.9 cm³/mol. The molecule has 2 aromatic rings. The summed E-state index contributed by atoms with van der Waals surface area (Å²) in [6.07, 6.45) is -1.54. The van der Waals surface area contributed by atoms with Crippen LogP contribution in [0, 0.1) is 0 Å². The van der Waals surface area contributed by atoms with E-state index < -0.39 is 24.5 Å². The number of carbonyl (C=O) groups is 1. The fourth-order valence-corrected chi connectivity index (χ4v) is 3.30. The highest BCUT2D eigenvalue weighted by Gasteiger charge is 2.43. The van der Waals surface area contributed by atoms with E-state index in [1.54, 1.807) is 7.11 Å². The molecule has 1 aromatic heterocycles. The Morgan fingerprint density at radius 2 is 2.04 bits per heavy atom. The lowest BCUT2D eigenvalue weighted by Gasteiger charge is -2.25. The Morgan fingerprint density at radius 3 is 2.69 bits per heavy atom. The molecule has 1 unspecified atom stereocenters. The average molecular weight is 367 g/mol. The van der Waals surface area contributed by atoms with E-state index in [4.69, 9.17) is 4.74 Å². The number of amides is 1. The molecule has 0 saturated carbocycles. The summed E-state index contributed by atoms with van der Waals surface area (Å²) >= 11 is 0. The molecule has 0 N–H and O–H groups in total. The lowest BCUT2D eigenvalue weighted by Crippen LogP contribution is -2.38. The fraction of sp³-hybridized carbons (Fsp3) is 0.444. The highest BCUT2D eigenvalue weighted by molar-refractivity contribution is 5.77. The maximum atomic E-state index is 13.4. The van der Waals surface area contributed by atoms with Gasteiger partial charge in [0.15, 0.2) is 6.04 Å². The van der Waals surface area contributed by atoms with Gasteiger partial charge in [0.1, 0.15) is 5.75 Å². The van der Waals surface area contributed by atoms with Gasteiger partial charge in [-0.25, -0.2) is 0 Å². The highest BCUT2D eigenvalue weighted by Crippen LogP contribution is 2.33. The summed E-state index contributed by atoms with van der Waals surface area (Å²) in [5.74, 6) is 0.233. The Kier molecular flexibility index (Phi) is 5.20. The van der Waals surface area contributed by atoms with Crippen LogP contribution in [0.3, 0.4) is 0 Å². The molecule has 26 heavy (non-hydrogen) atoms. The lowest BCUT2D eigenvalue weighted by atomic mass is 10.0. The largest absolute Gasteiger partial charge is 0.496 e. The first-order chi connectivity index (χ1) is 12.4. The van der Waals surface area contributed by atoms with Crippen molar-refractivity contribution in [3.63, 3.8) is 0 Å². The highest BCUT2D eigenvalue weighted by atomic mass is 19.4. The van der Waals surface area contributed by atoms with Gasteiger partial charge in [-0.2, -0.15) is 18.3 Å². The van der Waals surface area contributed by atoms with Crippen LogP contribution in [0.1, 0.15) is 23.6 Å². The minimum absolute atomic E-state index is 0.371. The van der Waals surface area contributed by atoms with Gasteiger partial charge in [0, 0.05) is 25.5 Å². The van der Waals surface area contributed by atoms with E-state index in [2.05, 4.69) is 5.10 Å². The molecule has 0 spiro atoms. The van der Waals surface area contributed by atoms with Crippen LogP contribution < -0.4 is 4.74 Å². The number of benzene rings is 1. The number of hydrogen-bond donors (Lipinski definition) is 0. The Morgan fingerprint density at radius 1 is 1.27 bits per heavy atom. The average Bonchev–Trinajstić information content (AvgIpc) is 3.03. The normalized spacial score (nSPS) is 15.9. The number of carbonyl (C=O) groups excluding carboxylic acids is 1. The third-order valence-corrected chi connectivity index (χ3v) is 4.68. The standard InChI is InChI=1S/C18H20F3N3O2/c1-26-15-5-2-4-13-6-10-23(11-7-14(13)15)17(25)12-16(18(19,20)21)24-9-3-8-22-24/h2-5,8-9,16H,6-7,10-12H2,1H3. The molecule has 1 amide bonds. The number of aromatic nitrogens is 2. The third-order valence-electron chi connectivity index (χ3n) is 4.68. The molecule has 1 aromatic carbocycles. The van der Waals surface area contributed by atoms with Crippen LogP contribution in [0.2, 0.25) is 0 Å². The Balaban J connectivity index is 1.73. The molecule has 5 nitrogen and oxygen atoms in total. The van der Waals surface area contributed by atoms with Gasteiger partial charge in [-0.15, -0.1) is 0 Å². The number of hydrogen-bond acceptors (Lipinski definition) is 3. The summed E-state index contributed by atoms with van der Waals surface area (Å²) in [6.45, 7) is 0.762. The molecule has 0 aliphatic carbocycles. The summed E-state index contributed by atoms with van der Waals surface area (Å²) in [5, 5.41) is 3.66. The summed E-state index contributed by atoms with van der Waals surface area (Å²) in [6, 6.07) is 5.16. The van der Waals surface area contributed by atoms with Crippen molar-refractivity contribution in [1.82, 2.24) is 14.7 Å². The zero-order chi connectivity index (χ0) is 18.7. The van der Waals surface area contributed by atoms with Crippen LogP contribution >= 0.6 is 0 Å². The van der Waals surface area contributed by atoms with Crippen molar-refractivity contribution < 1.29 is 22.7 Å². The first-order valence-electron chi connectivity index (χ1n) is 8.38. The van der Waals surface area contributed by atoms with Crippen LogP contribution in [0.25, 0.3) is 0 Å². The van der Waals surface area contributed by atoms with Crippen molar-refractivity contribution >= 4 is 5.91 Å². The van der Waals surface area contributed by atoms with Gasteiger partial charge in [0.2, 0.25) is 5.91 Å². The number of alkyl halides is 3. The molecular formula is C18H20F3N3O2. The summed E-state index contributed by atoms with van der Waals surface area (Å²) in [5.41, 5.74) is 2.09. The number of methoxy groups -OCH3 is 1. The van der Waals surface area contributed by atoms with E-state index in [9.17, 15) is 18.0 Å². The number of halogens is 3. The zero-order valence-electron chi connectivity index (χ0n) is 14.4. The molecule has 1 aliphatic rings. The Bertz CT molecular complexity index is 760.